The third-order valence-electron chi connectivity index (χ3n) is 4.10. The van der Waals surface area contributed by atoms with E-state index >= 15 is 0 Å². The number of hydrogen-bond acceptors (Lipinski definition) is 4. The topological polar surface area (TPSA) is 78.2 Å². The van der Waals surface area contributed by atoms with Gasteiger partial charge < -0.3 is 15.0 Å². The van der Waals surface area contributed by atoms with Crippen molar-refractivity contribution in [1.82, 2.24) is 15.2 Å². The molecule has 1 saturated heterocycles. The summed E-state index contributed by atoms with van der Waals surface area (Å²) in [4.78, 5) is 18.3. The Balaban J connectivity index is 1.53. The highest BCUT2D eigenvalue weighted by Crippen LogP contribution is 2.17. The quantitative estimate of drug-likeness (QED) is 0.931. The number of rotatable bonds is 4. The predicted octanol–water partition coefficient (Wildman–Crippen LogP) is 2.71. The summed E-state index contributed by atoms with van der Waals surface area (Å²) in [7, 11) is 0. The van der Waals surface area contributed by atoms with Crippen molar-refractivity contribution >= 4 is 6.03 Å². The van der Waals surface area contributed by atoms with Crippen molar-refractivity contribution in [2.75, 3.05) is 13.1 Å². The number of amides is 2. The Labute approximate surface area is 147 Å². The lowest BCUT2D eigenvalue weighted by Gasteiger charge is -2.32. The molecule has 3 rings (SSSR count). The van der Waals surface area contributed by atoms with Crippen LogP contribution >= 0.6 is 0 Å². The maximum Gasteiger partial charge on any atom is 0.317 e. The summed E-state index contributed by atoms with van der Waals surface area (Å²) < 4.78 is 5.86. The van der Waals surface area contributed by atoms with Gasteiger partial charge in [-0.15, -0.1) is 0 Å². The number of nitriles is 1. The first-order chi connectivity index (χ1) is 12.2. The van der Waals surface area contributed by atoms with Crippen LogP contribution in [0.2, 0.25) is 0 Å². The lowest BCUT2D eigenvalue weighted by molar-refractivity contribution is 0.0977. The fraction of sp³-hybridized carbons (Fsp3) is 0.316. The molecule has 2 amide bonds. The zero-order valence-corrected chi connectivity index (χ0v) is 13.9. The van der Waals surface area contributed by atoms with E-state index in [1.54, 1.807) is 23.2 Å². The van der Waals surface area contributed by atoms with Gasteiger partial charge in [-0.25, -0.2) is 9.78 Å². The van der Waals surface area contributed by atoms with Gasteiger partial charge in [0.2, 0.25) is 5.88 Å². The highest BCUT2D eigenvalue weighted by atomic mass is 16.5. The molecule has 0 aliphatic carbocycles. The van der Waals surface area contributed by atoms with Crippen LogP contribution in [0.1, 0.15) is 24.0 Å². The van der Waals surface area contributed by atoms with Gasteiger partial charge in [-0.2, -0.15) is 5.26 Å². The SMILES string of the molecule is N#Cc1ccnc(O[C@H]2CCCN(C(=O)NCc3ccccc3)C2)c1. The number of nitrogens with one attached hydrogen (secondary N) is 1. The van der Waals surface area contributed by atoms with E-state index in [1.165, 1.54) is 0 Å². The third-order valence-corrected chi connectivity index (χ3v) is 4.10. The second-order valence-corrected chi connectivity index (χ2v) is 5.97. The zero-order chi connectivity index (χ0) is 17.5. The Kier molecular flexibility index (Phi) is 5.47. The molecule has 0 saturated carbocycles. The van der Waals surface area contributed by atoms with Crippen LogP contribution in [0.5, 0.6) is 5.88 Å². The molecule has 0 bridgehead atoms. The summed E-state index contributed by atoms with van der Waals surface area (Å²) in [5.74, 6) is 0.426. The molecule has 6 nitrogen and oxygen atoms in total. The first kappa shape index (κ1) is 16.8. The number of piperidine rings is 1. The van der Waals surface area contributed by atoms with Crippen molar-refractivity contribution < 1.29 is 9.53 Å². The van der Waals surface area contributed by atoms with E-state index in [0.29, 0.717) is 31.1 Å². The standard InChI is InChI=1S/C19H20N4O2/c20-12-16-8-9-21-18(11-16)25-17-7-4-10-23(14-17)19(24)22-13-15-5-2-1-3-6-15/h1-3,5-6,8-9,11,17H,4,7,10,13-14H2,(H,22,24)/t17-/m0/s1. The van der Waals surface area contributed by atoms with E-state index < -0.39 is 0 Å². The van der Waals surface area contributed by atoms with E-state index in [-0.39, 0.29) is 12.1 Å². The molecule has 0 radical (unpaired) electrons. The predicted molar refractivity (Wildman–Crippen MR) is 92.9 cm³/mol. The van der Waals surface area contributed by atoms with E-state index in [1.807, 2.05) is 30.3 Å². The molecular weight excluding hydrogens is 316 g/mol. The first-order valence-electron chi connectivity index (χ1n) is 8.34. The number of aromatic nitrogens is 1. The van der Waals surface area contributed by atoms with Crippen LogP contribution in [0.15, 0.2) is 48.7 Å². The van der Waals surface area contributed by atoms with Gasteiger partial charge in [0.05, 0.1) is 18.2 Å². The summed E-state index contributed by atoms with van der Waals surface area (Å²) >= 11 is 0. The first-order valence-corrected chi connectivity index (χ1v) is 8.34. The summed E-state index contributed by atoms with van der Waals surface area (Å²) in [5, 5.41) is 11.9. The number of likely N-dealkylation sites (tertiary alicyclic amines) is 1. The minimum Gasteiger partial charge on any atom is -0.472 e. The van der Waals surface area contributed by atoms with Crippen LogP contribution in [0.4, 0.5) is 4.79 Å². The van der Waals surface area contributed by atoms with Crippen molar-refractivity contribution in [3.8, 4) is 11.9 Å². The minimum absolute atomic E-state index is 0.0871. The Morgan fingerprint density at radius 1 is 1.36 bits per heavy atom. The van der Waals surface area contributed by atoms with Gasteiger partial charge >= 0.3 is 6.03 Å². The summed E-state index contributed by atoms with van der Waals surface area (Å²) in [6, 6.07) is 15.1. The molecule has 0 spiro atoms. The largest absolute Gasteiger partial charge is 0.472 e. The number of urea groups is 1. The molecule has 2 aromatic rings. The van der Waals surface area contributed by atoms with Gasteiger partial charge in [0, 0.05) is 25.4 Å². The van der Waals surface area contributed by atoms with Crippen molar-refractivity contribution in [2.24, 2.45) is 0 Å². The molecule has 1 aromatic carbocycles. The molecule has 128 valence electrons. The van der Waals surface area contributed by atoms with E-state index in [2.05, 4.69) is 16.4 Å². The molecule has 2 heterocycles. The van der Waals surface area contributed by atoms with Crippen LogP contribution in [-0.2, 0) is 6.54 Å². The van der Waals surface area contributed by atoms with Crippen LogP contribution in [-0.4, -0.2) is 35.1 Å². The molecule has 1 aromatic heterocycles. The molecule has 0 unspecified atom stereocenters. The number of pyridine rings is 1. The molecule has 25 heavy (non-hydrogen) atoms. The summed E-state index contributed by atoms with van der Waals surface area (Å²) in [6.07, 6.45) is 3.18. The third kappa shape index (κ3) is 4.70. The molecule has 1 aliphatic rings. The molecule has 1 N–H and O–H groups in total. The second-order valence-electron chi connectivity index (χ2n) is 5.97. The Morgan fingerprint density at radius 3 is 3.00 bits per heavy atom. The van der Waals surface area contributed by atoms with Gasteiger partial charge in [0.15, 0.2) is 0 Å². The second kappa shape index (κ2) is 8.15. The minimum atomic E-state index is -0.113. The lowest BCUT2D eigenvalue weighted by atomic mass is 10.1. The smallest absolute Gasteiger partial charge is 0.317 e. The summed E-state index contributed by atoms with van der Waals surface area (Å²) in [6.45, 7) is 1.73. The van der Waals surface area contributed by atoms with Crippen molar-refractivity contribution in [1.29, 1.82) is 5.26 Å². The monoisotopic (exact) mass is 336 g/mol. The molecule has 1 atom stereocenters. The van der Waals surface area contributed by atoms with Crippen molar-refractivity contribution in [2.45, 2.75) is 25.5 Å². The highest BCUT2D eigenvalue weighted by Gasteiger charge is 2.25. The maximum atomic E-state index is 12.4. The molecule has 1 fully saturated rings. The van der Waals surface area contributed by atoms with Crippen LogP contribution in [0.25, 0.3) is 0 Å². The maximum absolute atomic E-state index is 12.4. The van der Waals surface area contributed by atoms with Gasteiger partial charge in [0.25, 0.3) is 0 Å². The molecule has 1 aliphatic heterocycles. The number of nitrogens with zero attached hydrogens (tertiary/aromatic N) is 3. The van der Waals surface area contributed by atoms with Gasteiger partial charge in [-0.3, -0.25) is 0 Å². The molecular formula is C19H20N4O2. The van der Waals surface area contributed by atoms with E-state index in [9.17, 15) is 4.79 Å². The normalized spacial score (nSPS) is 16.8. The Bertz CT molecular complexity index is 758. The highest BCUT2D eigenvalue weighted by molar-refractivity contribution is 5.74. The van der Waals surface area contributed by atoms with Gasteiger partial charge in [-0.1, -0.05) is 30.3 Å². The fourth-order valence-corrected chi connectivity index (χ4v) is 2.82. The van der Waals surface area contributed by atoms with Gasteiger partial charge in [0.1, 0.15) is 6.10 Å². The number of benzene rings is 1. The number of carbonyl (C=O) groups is 1. The Morgan fingerprint density at radius 2 is 2.20 bits per heavy atom. The van der Waals surface area contributed by atoms with E-state index in [0.717, 1.165) is 18.4 Å². The number of carbonyl (C=O) groups excluding carboxylic acids is 1. The van der Waals surface area contributed by atoms with E-state index in [4.69, 9.17) is 10.00 Å². The molecule has 6 heteroatoms. The van der Waals surface area contributed by atoms with Crippen molar-refractivity contribution in [3.05, 3.63) is 59.8 Å². The average Bonchev–Trinajstić information content (AvgIpc) is 2.67. The lowest BCUT2D eigenvalue weighted by Crippen LogP contribution is -2.48. The van der Waals surface area contributed by atoms with Crippen molar-refractivity contribution in [3.63, 3.8) is 0 Å². The number of ether oxygens (including phenoxy) is 1. The fourth-order valence-electron chi connectivity index (χ4n) is 2.82. The van der Waals surface area contributed by atoms with Crippen LogP contribution < -0.4 is 10.1 Å². The van der Waals surface area contributed by atoms with Crippen LogP contribution in [0, 0.1) is 11.3 Å². The zero-order valence-electron chi connectivity index (χ0n) is 13.9. The summed E-state index contributed by atoms with van der Waals surface area (Å²) in [5.41, 5.74) is 1.58. The van der Waals surface area contributed by atoms with Crippen LogP contribution in [0.3, 0.4) is 0 Å². The Hall–Kier alpha value is -3.07. The van der Waals surface area contributed by atoms with Gasteiger partial charge in [-0.05, 0) is 24.5 Å². The average molecular weight is 336 g/mol. The number of hydrogen-bond donors (Lipinski definition) is 1.